The van der Waals surface area contributed by atoms with Crippen molar-refractivity contribution < 1.29 is 24.2 Å². The molecule has 0 spiro atoms. The topological polar surface area (TPSA) is 109 Å². The molecule has 9 heteroatoms. The zero-order valence-electron chi connectivity index (χ0n) is 16.8. The molecule has 2 aromatic rings. The molecular weight excluding hydrogens is 410 g/mol. The van der Waals surface area contributed by atoms with Crippen LogP contribution in [-0.2, 0) is 9.59 Å². The lowest BCUT2D eigenvalue weighted by Gasteiger charge is -2.08. The summed E-state index contributed by atoms with van der Waals surface area (Å²) in [5.74, 6) is -1.11. The summed E-state index contributed by atoms with van der Waals surface area (Å²) in [5, 5.41) is 16.1. The maximum absolute atomic E-state index is 12.0. The molecule has 0 aromatic heterocycles. The summed E-state index contributed by atoms with van der Waals surface area (Å²) in [4.78, 5) is 23.9. The first-order valence-corrected chi connectivity index (χ1v) is 9.85. The third kappa shape index (κ3) is 6.97. The quantitative estimate of drug-likeness (QED) is 0.242. The van der Waals surface area contributed by atoms with Crippen LogP contribution < -0.4 is 20.2 Å². The highest BCUT2D eigenvalue weighted by molar-refractivity contribution is 6.39. The molecule has 0 atom stereocenters. The summed E-state index contributed by atoms with van der Waals surface area (Å²) in [7, 11) is 0. The third-order valence-electron chi connectivity index (χ3n) is 3.82. The van der Waals surface area contributed by atoms with E-state index in [-0.39, 0.29) is 16.5 Å². The summed E-state index contributed by atoms with van der Waals surface area (Å²) in [5.41, 5.74) is 3.06. The van der Waals surface area contributed by atoms with Crippen molar-refractivity contribution in [2.75, 3.05) is 18.5 Å². The number of halogens is 1. The molecule has 0 fully saturated rings. The Labute approximate surface area is 179 Å². The largest absolute Gasteiger partial charge is 0.503 e. The monoisotopic (exact) mass is 433 g/mol. The van der Waals surface area contributed by atoms with E-state index in [0.717, 1.165) is 12.8 Å². The summed E-state index contributed by atoms with van der Waals surface area (Å²) in [6, 6.07) is 9.66. The maximum atomic E-state index is 12.0. The Morgan fingerprint density at radius 2 is 1.87 bits per heavy atom. The molecule has 0 radical (unpaired) electrons. The van der Waals surface area contributed by atoms with Crippen LogP contribution in [0.15, 0.2) is 41.5 Å². The average Bonchev–Trinajstić information content (AvgIpc) is 2.73. The number of ether oxygens (including phenoxy) is 2. The Morgan fingerprint density at radius 3 is 2.53 bits per heavy atom. The number of hydrazone groups is 1. The van der Waals surface area contributed by atoms with Crippen molar-refractivity contribution in [2.45, 2.75) is 26.7 Å². The summed E-state index contributed by atoms with van der Waals surface area (Å²) in [6.45, 7) is 4.81. The minimum atomic E-state index is -0.940. The Morgan fingerprint density at radius 1 is 1.13 bits per heavy atom. The molecule has 3 N–H and O–H groups in total. The summed E-state index contributed by atoms with van der Waals surface area (Å²) < 4.78 is 10.8. The van der Waals surface area contributed by atoms with Gasteiger partial charge in [0, 0.05) is 5.69 Å². The van der Waals surface area contributed by atoms with Gasteiger partial charge in [0.15, 0.2) is 11.5 Å². The zero-order chi connectivity index (χ0) is 21.9. The summed E-state index contributed by atoms with van der Waals surface area (Å²) in [6.07, 6.45) is 3.28. The number of anilines is 1. The lowest BCUT2D eigenvalue weighted by Crippen LogP contribution is -2.32. The maximum Gasteiger partial charge on any atom is 0.329 e. The molecule has 0 aliphatic heterocycles. The van der Waals surface area contributed by atoms with E-state index in [1.165, 1.54) is 18.3 Å². The molecule has 0 aliphatic carbocycles. The second-order valence-electron chi connectivity index (χ2n) is 6.16. The van der Waals surface area contributed by atoms with Gasteiger partial charge < -0.3 is 19.9 Å². The van der Waals surface area contributed by atoms with Crippen LogP contribution in [-0.4, -0.2) is 36.3 Å². The van der Waals surface area contributed by atoms with Gasteiger partial charge in [0.1, 0.15) is 5.75 Å². The predicted molar refractivity (Wildman–Crippen MR) is 115 cm³/mol. The Bertz CT molecular complexity index is 900. The molecular formula is C21H24ClN3O5. The lowest BCUT2D eigenvalue weighted by molar-refractivity contribution is -0.136. The van der Waals surface area contributed by atoms with Gasteiger partial charge in [-0.1, -0.05) is 24.9 Å². The van der Waals surface area contributed by atoms with E-state index >= 15 is 0 Å². The van der Waals surface area contributed by atoms with Crippen LogP contribution in [0, 0.1) is 0 Å². The van der Waals surface area contributed by atoms with Gasteiger partial charge in [0.25, 0.3) is 0 Å². The number of rotatable bonds is 9. The smallest absolute Gasteiger partial charge is 0.329 e. The average molecular weight is 434 g/mol. The number of aromatic hydroxyl groups is 1. The van der Waals surface area contributed by atoms with Gasteiger partial charge in [-0.15, -0.1) is 0 Å². The van der Waals surface area contributed by atoms with Crippen LogP contribution >= 0.6 is 11.6 Å². The number of hydrogen-bond acceptors (Lipinski definition) is 6. The zero-order valence-corrected chi connectivity index (χ0v) is 17.5. The fourth-order valence-corrected chi connectivity index (χ4v) is 2.53. The second-order valence-corrected chi connectivity index (χ2v) is 6.57. The van der Waals surface area contributed by atoms with Crippen LogP contribution in [0.1, 0.15) is 32.3 Å². The van der Waals surface area contributed by atoms with Gasteiger partial charge in [0.2, 0.25) is 0 Å². The van der Waals surface area contributed by atoms with Crippen molar-refractivity contribution in [3.8, 4) is 17.2 Å². The molecule has 160 valence electrons. The molecule has 0 unspecified atom stereocenters. The number of amides is 2. The molecule has 2 aromatic carbocycles. The Balaban J connectivity index is 1.89. The number of nitrogens with zero attached hydrogens (tertiary/aromatic N) is 1. The Kier molecular flexibility index (Phi) is 8.96. The van der Waals surface area contributed by atoms with E-state index in [2.05, 4.69) is 22.8 Å². The van der Waals surface area contributed by atoms with Crippen LogP contribution in [0.3, 0.4) is 0 Å². The van der Waals surface area contributed by atoms with E-state index < -0.39 is 11.8 Å². The van der Waals surface area contributed by atoms with Crippen LogP contribution in [0.2, 0.25) is 5.02 Å². The molecule has 8 nitrogen and oxygen atoms in total. The molecule has 0 aliphatic rings. The van der Waals surface area contributed by atoms with Gasteiger partial charge in [-0.3, -0.25) is 9.59 Å². The SMILES string of the molecule is CCCCOc1ccc(NC(=O)C(=O)N/N=C\c2cc(Cl)c(O)c(OCC)c2)cc1. The Hall–Kier alpha value is -3.26. The van der Waals surface area contributed by atoms with Gasteiger partial charge in [-0.25, -0.2) is 5.43 Å². The highest BCUT2D eigenvalue weighted by Gasteiger charge is 2.13. The van der Waals surface area contributed by atoms with E-state index in [1.54, 1.807) is 31.2 Å². The van der Waals surface area contributed by atoms with E-state index in [0.29, 0.717) is 30.2 Å². The number of unbranched alkanes of at least 4 members (excludes halogenated alkanes) is 1. The van der Waals surface area contributed by atoms with Crippen molar-refractivity contribution in [1.82, 2.24) is 5.43 Å². The number of carbonyl (C=O) groups is 2. The van der Waals surface area contributed by atoms with Crippen molar-refractivity contribution in [3.05, 3.63) is 47.0 Å². The van der Waals surface area contributed by atoms with Gasteiger partial charge in [-0.05, 0) is 55.3 Å². The van der Waals surface area contributed by atoms with Gasteiger partial charge >= 0.3 is 11.8 Å². The molecule has 0 saturated carbocycles. The number of carbonyl (C=O) groups excluding carboxylic acids is 2. The standard InChI is InChI=1S/C21H24ClN3O5/c1-3-5-10-30-16-8-6-15(7-9-16)24-20(27)21(28)25-23-13-14-11-17(22)19(26)18(12-14)29-4-2/h6-9,11-13,26H,3-5,10H2,1-2H3,(H,24,27)(H,25,28)/b23-13-. The van der Waals surface area contributed by atoms with Crippen LogP contribution in [0.25, 0.3) is 0 Å². The molecule has 0 bridgehead atoms. The van der Waals surface area contributed by atoms with Gasteiger partial charge in [0.05, 0.1) is 24.5 Å². The van der Waals surface area contributed by atoms with Crippen LogP contribution in [0.5, 0.6) is 17.2 Å². The minimum Gasteiger partial charge on any atom is -0.503 e. The highest BCUT2D eigenvalue weighted by Crippen LogP contribution is 2.34. The van der Waals surface area contributed by atoms with Crippen LogP contribution in [0.4, 0.5) is 5.69 Å². The number of benzene rings is 2. The van der Waals surface area contributed by atoms with Crippen molar-refractivity contribution in [2.24, 2.45) is 5.10 Å². The fraction of sp³-hybridized carbons (Fsp3) is 0.286. The molecule has 2 amide bonds. The van der Waals surface area contributed by atoms with Gasteiger partial charge in [-0.2, -0.15) is 5.10 Å². The first kappa shape index (κ1) is 23.0. The molecule has 2 rings (SSSR count). The number of phenolic OH excluding ortho intramolecular Hbond substituents is 1. The third-order valence-corrected chi connectivity index (χ3v) is 4.10. The lowest BCUT2D eigenvalue weighted by atomic mass is 10.2. The molecule has 0 saturated heterocycles. The van der Waals surface area contributed by atoms with Crippen molar-refractivity contribution in [3.63, 3.8) is 0 Å². The summed E-state index contributed by atoms with van der Waals surface area (Å²) >= 11 is 5.93. The first-order valence-electron chi connectivity index (χ1n) is 9.47. The highest BCUT2D eigenvalue weighted by atomic mass is 35.5. The van der Waals surface area contributed by atoms with Crippen molar-refractivity contribution >= 4 is 35.3 Å². The van der Waals surface area contributed by atoms with Crippen molar-refractivity contribution in [1.29, 1.82) is 0 Å². The second kappa shape index (κ2) is 11.7. The van der Waals surface area contributed by atoms with E-state index in [4.69, 9.17) is 21.1 Å². The minimum absolute atomic E-state index is 0.0774. The first-order chi connectivity index (χ1) is 14.4. The van der Waals surface area contributed by atoms with E-state index in [9.17, 15) is 14.7 Å². The normalized spacial score (nSPS) is 10.6. The molecule has 30 heavy (non-hydrogen) atoms. The number of nitrogens with one attached hydrogen (secondary N) is 2. The molecule has 0 heterocycles. The number of phenols is 1. The number of hydrogen-bond donors (Lipinski definition) is 3. The predicted octanol–water partition coefficient (Wildman–Crippen LogP) is 3.71. The van der Waals surface area contributed by atoms with E-state index in [1.807, 2.05) is 0 Å². The fourth-order valence-electron chi connectivity index (χ4n) is 2.31.